The Morgan fingerprint density at radius 1 is 0.967 bits per heavy atom. The number of fused-ring (bicyclic) bond motifs is 1. The number of imidazole rings is 1. The second-order valence-corrected chi connectivity index (χ2v) is 8.60. The number of benzene rings is 3. The van der Waals surface area contributed by atoms with Crippen LogP contribution < -0.4 is 10.0 Å². The van der Waals surface area contributed by atoms with E-state index in [9.17, 15) is 13.2 Å². The first-order valence-corrected chi connectivity index (χ1v) is 10.8. The molecule has 3 N–H and O–H groups in total. The van der Waals surface area contributed by atoms with Crippen LogP contribution in [0, 0.1) is 0 Å². The third kappa shape index (κ3) is 4.10. The lowest BCUT2D eigenvalue weighted by Crippen LogP contribution is -2.23. The van der Waals surface area contributed by atoms with Gasteiger partial charge in [0.25, 0.3) is 5.91 Å². The molecule has 4 aromatic rings. The fourth-order valence-electron chi connectivity index (χ4n) is 3.06. The molecular formula is C22H20N4O3S. The highest BCUT2D eigenvalue weighted by Gasteiger charge is 2.12. The Balaban J connectivity index is 1.41. The van der Waals surface area contributed by atoms with Gasteiger partial charge in [-0.25, -0.2) is 18.1 Å². The van der Waals surface area contributed by atoms with Crippen LogP contribution in [0.15, 0.2) is 77.7 Å². The van der Waals surface area contributed by atoms with Crippen molar-refractivity contribution in [1.82, 2.24) is 20.0 Å². The first-order valence-electron chi connectivity index (χ1n) is 9.32. The van der Waals surface area contributed by atoms with Crippen molar-refractivity contribution in [3.8, 4) is 11.4 Å². The molecular weight excluding hydrogens is 400 g/mol. The molecule has 0 aliphatic rings. The summed E-state index contributed by atoms with van der Waals surface area (Å²) in [5.41, 5.74) is 4.19. The number of nitrogens with zero attached hydrogens (tertiary/aromatic N) is 1. The van der Waals surface area contributed by atoms with Gasteiger partial charge in [0.1, 0.15) is 5.82 Å². The van der Waals surface area contributed by atoms with E-state index in [4.69, 9.17) is 0 Å². The Bertz CT molecular complexity index is 1260. The van der Waals surface area contributed by atoms with Gasteiger partial charge in [0.15, 0.2) is 0 Å². The van der Waals surface area contributed by atoms with E-state index in [1.807, 2.05) is 48.5 Å². The number of carbonyl (C=O) groups excluding carboxylic acids is 1. The predicted molar refractivity (Wildman–Crippen MR) is 115 cm³/mol. The summed E-state index contributed by atoms with van der Waals surface area (Å²) in [5.74, 6) is 0.521. The van der Waals surface area contributed by atoms with Crippen molar-refractivity contribution >= 4 is 27.0 Å². The van der Waals surface area contributed by atoms with Crippen LogP contribution in [-0.2, 0) is 16.6 Å². The van der Waals surface area contributed by atoms with Gasteiger partial charge < -0.3 is 10.3 Å². The number of para-hydroxylation sites is 2. The van der Waals surface area contributed by atoms with Crippen molar-refractivity contribution in [3.63, 3.8) is 0 Å². The summed E-state index contributed by atoms with van der Waals surface area (Å²) in [7, 11) is -2.18. The molecule has 152 valence electrons. The zero-order chi connectivity index (χ0) is 21.1. The number of rotatable bonds is 6. The summed E-state index contributed by atoms with van der Waals surface area (Å²) in [6.07, 6.45) is 0. The van der Waals surface area contributed by atoms with Crippen LogP contribution >= 0.6 is 0 Å². The number of carbonyl (C=O) groups is 1. The average Bonchev–Trinajstić information content (AvgIpc) is 3.22. The minimum Gasteiger partial charge on any atom is -0.348 e. The first kappa shape index (κ1) is 19.8. The highest BCUT2D eigenvalue weighted by Crippen LogP contribution is 2.20. The van der Waals surface area contributed by atoms with E-state index < -0.39 is 10.0 Å². The van der Waals surface area contributed by atoms with Crippen LogP contribution in [-0.4, -0.2) is 31.3 Å². The number of sulfonamides is 1. The summed E-state index contributed by atoms with van der Waals surface area (Å²) >= 11 is 0. The zero-order valence-corrected chi connectivity index (χ0v) is 17.0. The average molecular weight is 420 g/mol. The summed E-state index contributed by atoms with van der Waals surface area (Å²) in [6.45, 7) is 0.357. The summed E-state index contributed by atoms with van der Waals surface area (Å²) in [6, 6.07) is 21.4. The second-order valence-electron chi connectivity index (χ2n) is 6.71. The van der Waals surface area contributed by atoms with E-state index in [1.54, 1.807) is 0 Å². The minimum atomic E-state index is -3.52. The molecule has 1 amide bonds. The molecule has 3 aromatic carbocycles. The molecule has 0 radical (unpaired) electrons. The standard InChI is InChI=1S/C22H20N4O3S/c1-23-30(28,29)18-12-10-17(11-13-18)22(27)24-14-15-6-8-16(9-7-15)21-25-19-4-2-3-5-20(19)26-21/h2-13,23H,14H2,1H3,(H,24,27)(H,25,26). The van der Waals surface area contributed by atoms with E-state index in [2.05, 4.69) is 20.0 Å². The van der Waals surface area contributed by atoms with Gasteiger partial charge in [-0.3, -0.25) is 4.79 Å². The number of aromatic amines is 1. The lowest BCUT2D eigenvalue weighted by molar-refractivity contribution is 0.0951. The van der Waals surface area contributed by atoms with Crippen LogP contribution in [0.2, 0.25) is 0 Å². The summed E-state index contributed by atoms with van der Waals surface area (Å²) in [4.78, 5) is 20.3. The van der Waals surface area contributed by atoms with E-state index >= 15 is 0 Å². The van der Waals surface area contributed by atoms with Gasteiger partial charge in [-0.15, -0.1) is 0 Å². The number of nitrogens with one attached hydrogen (secondary N) is 3. The Hall–Kier alpha value is -3.49. The van der Waals surface area contributed by atoms with Crippen LogP contribution in [0.3, 0.4) is 0 Å². The van der Waals surface area contributed by atoms with Crippen molar-refractivity contribution in [2.45, 2.75) is 11.4 Å². The Morgan fingerprint density at radius 3 is 2.33 bits per heavy atom. The van der Waals surface area contributed by atoms with Crippen LogP contribution in [0.25, 0.3) is 22.4 Å². The highest BCUT2D eigenvalue weighted by molar-refractivity contribution is 7.89. The quantitative estimate of drug-likeness (QED) is 0.446. The lowest BCUT2D eigenvalue weighted by atomic mass is 10.1. The molecule has 0 atom stereocenters. The highest BCUT2D eigenvalue weighted by atomic mass is 32.2. The number of H-pyrrole nitrogens is 1. The lowest BCUT2D eigenvalue weighted by Gasteiger charge is -2.07. The molecule has 0 aliphatic carbocycles. The molecule has 0 saturated heterocycles. The van der Waals surface area contributed by atoms with E-state index in [1.165, 1.54) is 31.3 Å². The minimum absolute atomic E-state index is 0.114. The van der Waals surface area contributed by atoms with Crippen molar-refractivity contribution in [2.24, 2.45) is 0 Å². The molecule has 30 heavy (non-hydrogen) atoms. The van der Waals surface area contributed by atoms with Crippen LogP contribution in [0.1, 0.15) is 15.9 Å². The van der Waals surface area contributed by atoms with Gasteiger partial charge >= 0.3 is 0 Å². The maximum Gasteiger partial charge on any atom is 0.251 e. The van der Waals surface area contributed by atoms with Crippen molar-refractivity contribution in [1.29, 1.82) is 0 Å². The van der Waals surface area contributed by atoms with Crippen LogP contribution in [0.4, 0.5) is 0 Å². The third-order valence-electron chi connectivity index (χ3n) is 4.77. The van der Waals surface area contributed by atoms with Gasteiger partial charge in [0, 0.05) is 17.7 Å². The fraction of sp³-hybridized carbons (Fsp3) is 0.0909. The molecule has 1 aromatic heterocycles. The maximum absolute atomic E-state index is 12.3. The van der Waals surface area contributed by atoms with Gasteiger partial charge in [-0.1, -0.05) is 36.4 Å². The predicted octanol–water partition coefficient (Wildman–Crippen LogP) is 3.07. The largest absolute Gasteiger partial charge is 0.348 e. The van der Waals surface area contributed by atoms with Crippen molar-refractivity contribution in [2.75, 3.05) is 7.05 Å². The topological polar surface area (TPSA) is 104 Å². The number of aromatic nitrogens is 2. The monoisotopic (exact) mass is 420 g/mol. The smallest absolute Gasteiger partial charge is 0.251 e. The first-order chi connectivity index (χ1) is 14.5. The van der Waals surface area contributed by atoms with Crippen molar-refractivity contribution in [3.05, 3.63) is 83.9 Å². The van der Waals surface area contributed by atoms with Crippen molar-refractivity contribution < 1.29 is 13.2 Å². The fourth-order valence-corrected chi connectivity index (χ4v) is 3.79. The Labute approximate surface area is 174 Å². The third-order valence-corrected chi connectivity index (χ3v) is 6.20. The molecule has 1 heterocycles. The SMILES string of the molecule is CNS(=O)(=O)c1ccc(C(=O)NCc2ccc(-c3nc4ccccc4[nH]3)cc2)cc1. The molecule has 0 bridgehead atoms. The molecule has 0 saturated carbocycles. The van der Waals surface area contributed by atoms with Gasteiger partial charge in [0.2, 0.25) is 10.0 Å². The molecule has 4 rings (SSSR count). The normalized spacial score (nSPS) is 11.5. The Morgan fingerprint density at radius 2 is 1.67 bits per heavy atom. The van der Waals surface area contributed by atoms with E-state index in [0.717, 1.165) is 28.0 Å². The van der Waals surface area contributed by atoms with Gasteiger partial charge in [-0.05, 0) is 49.0 Å². The number of hydrogen-bond donors (Lipinski definition) is 3. The molecule has 0 unspecified atom stereocenters. The van der Waals surface area contributed by atoms with Gasteiger partial charge in [0.05, 0.1) is 15.9 Å². The Kier molecular flexibility index (Phi) is 5.35. The maximum atomic E-state index is 12.3. The van der Waals surface area contributed by atoms with E-state index in [-0.39, 0.29) is 10.8 Å². The number of amides is 1. The summed E-state index contributed by atoms with van der Waals surface area (Å²) < 4.78 is 25.8. The molecule has 8 heteroatoms. The second kappa shape index (κ2) is 8.10. The molecule has 0 spiro atoms. The molecule has 7 nitrogen and oxygen atoms in total. The van der Waals surface area contributed by atoms with Crippen LogP contribution in [0.5, 0.6) is 0 Å². The number of hydrogen-bond acceptors (Lipinski definition) is 4. The molecule has 0 aliphatic heterocycles. The summed E-state index contributed by atoms with van der Waals surface area (Å²) in [5, 5.41) is 2.84. The molecule has 0 fully saturated rings. The van der Waals surface area contributed by atoms with Gasteiger partial charge in [-0.2, -0.15) is 0 Å². The zero-order valence-electron chi connectivity index (χ0n) is 16.2. The van der Waals surface area contributed by atoms with E-state index in [0.29, 0.717) is 12.1 Å².